The van der Waals surface area contributed by atoms with Crippen molar-refractivity contribution in [3.63, 3.8) is 0 Å². The Morgan fingerprint density at radius 3 is 2.89 bits per heavy atom. The molecule has 2 rings (SSSR count). The Morgan fingerprint density at radius 1 is 1.47 bits per heavy atom. The second kappa shape index (κ2) is 6.04. The van der Waals surface area contributed by atoms with E-state index in [1.54, 1.807) is 0 Å². The van der Waals surface area contributed by atoms with Crippen LogP contribution in [-0.2, 0) is 25.5 Å². The molecule has 1 aliphatic heterocycles. The average molecular weight is 261 g/mol. The lowest BCUT2D eigenvalue weighted by Crippen LogP contribution is -2.44. The molecule has 0 radical (unpaired) electrons. The van der Waals surface area contributed by atoms with Crippen LogP contribution >= 0.6 is 0 Å². The van der Waals surface area contributed by atoms with E-state index in [0.717, 1.165) is 11.6 Å². The summed E-state index contributed by atoms with van der Waals surface area (Å²) in [5.74, 6) is -1.12. The van der Waals surface area contributed by atoms with Crippen molar-refractivity contribution >= 4 is 11.9 Å². The van der Waals surface area contributed by atoms with Gasteiger partial charge >= 0.3 is 11.9 Å². The van der Waals surface area contributed by atoms with E-state index >= 15 is 0 Å². The highest BCUT2D eigenvalue weighted by atomic mass is 16.5. The van der Waals surface area contributed by atoms with Gasteiger partial charge in [0.05, 0.1) is 19.2 Å². The Hall–Kier alpha value is -2.30. The van der Waals surface area contributed by atoms with Crippen LogP contribution in [0, 0.1) is 0 Å². The van der Waals surface area contributed by atoms with E-state index < -0.39 is 11.9 Å². The van der Waals surface area contributed by atoms with Crippen molar-refractivity contribution in [1.29, 1.82) is 0 Å². The van der Waals surface area contributed by atoms with Gasteiger partial charge in [0.1, 0.15) is 12.3 Å². The summed E-state index contributed by atoms with van der Waals surface area (Å²) in [7, 11) is 1.26. The normalized spacial score (nSPS) is 20.6. The topological polar surface area (TPSA) is 64.6 Å². The fourth-order valence-corrected chi connectivity index (χ4v) is 1.86. The molecule has 1 heterocycles. The van der Waals surface area contributed by atoms with E-state index in [-0.39, 0.29) is 18.3 Å². The molecule has 5 heteroatoms. The SMILES string of the molecule is COC(=O)/C=C1\N[C@@H](Cc2ccccc2)COC1=O. The summed E-state index contributed by atoms with van der Waals surface area (Å²) in [4.78, 5) is 22.6. The van der Waals surface area contributed by atoms with Gasteiger partial charge in [-0.25, -0.2) is 9.59 Å². The average Bonchev–Trinajstić information content (AvgIpc) is 2.43. The summed E-state index contributed by atoms with van der Waals surface area (Å²) in [6.07, 6.45) is 1.83. The summed E-state index contributed by atoms with van der Waals surface area (Å²) >= 11 is 0. The van der Waals surface area contributed by atoms with Gasteiger partial charge < -0.3 is 14.8 Å². The van der Waals surface area contributed by atoms with Gasteiger partial charge in [0, 0.05) is 0 Å². The molecule has 1 aromatic rings. The van der Waals surface area contributed by atoms with E-state index in [1.165, 1.54) is 7.11 Å². The minimum Gasteiger partial charge on any atom is -0.466 e. The number of morpholine rings is 1. The molecule has 19 heavy (non-hydrogen) atoms. The summed E-state index contributed by atoms with van der Waals surface area (Å²) in [5, 5.41) is 3.00. The number of hydrogen-bond acceptors (Lipinski definition) is 5. The molecule has 0 aliphatic carbocycles. The molecule has 1 aromatic carbocycles. The van der Waals surface area contributed by atoms with Gasteiger partial charge in [-0.2, -0.15) is 0 Å². The highest BCUT2D eigenvalue weighted by Crippen LogP contribution is 2.10. The Balaban J connectivity index is 2.03. The minimum atomic E-state index is -0.584. The molecule has 0 amide bonds. The van der Waals surface area contributed by atoms with Gasteiger partial charge in [-0.05, 0) is 12.0 Å². The van der Waals surface area contributed by atoms with Gasteiger partial charge in [0.15, 0.2) is 0 Å². The van der Waals surface area contributed by atoms with Crippen molar-refractivity contribution < 1.29 is 19.1 Å². The number of hydrogen-bond donors (Lipinski definition) is 1. The lowest BCUT2D eigenvalue weighted by atomic mass is 10.1. The van der Waals surface area contributed by atoms with E-state index in [9.17, 15) is 9.59 Å². The van der Waals surface area contributed by atoms with Crippen molar-refractivity contribution in [2.45, 2.75) is 12.5 Å². The molecule has 0 aromatic heterocycles. The first-order valence-electron chi connectivity index (χ1n) is 5.96. The minimum absolute atomic E-state index is 0.0454. The maximum atomic E-state index is 11.5. The summed E-state index contributed by atoms with van der Waals surface area (Å²) in [5.41, 5.74) is 1.27. The molecular weight excluding hydrogens is 246 g/mol. The Labute approximate surface area is 111 Å². The first kappa shape index (κ1) is 13.1. The monoisotopic (exact) mass is 261 g/mol. The number of methoxy groups -OCH3 is 1. The van der Waals surface area contributed by atoms with Crippen LogP contribution in [0.3, 0.4) is 0 Å². The lowest BCUT2D eigenvalue weighted by molar-refractivity contribution is -0.144. The van der Waals surface area contributed by atoms with Crippen LogP contribution in [0.15, 0.2) is 42.1 Å². The summed E-state index contributed by atoms with van der Waals surface area (Å²) < 4.78 is 9.53. The van der Waals surface area contributed by atoms with Crippen molar-refractivity contribution in [3.8, 4) is 0 Å². The van der Waals surface area contributed by atoms with E-state index in [2.05, 4.69) is 10.1 Å². The summed E-state index contributed by atoms with van der Waals surface area (Å²) in [6.45, 7) is 0.284. The molecule has 5 nitrogen and oxygen atoms in total. The zero-order chi connectivity index (χ0) is 13.7. The third kappa shape index (κ3) is 3.58. The predicted molar refractivity (Wildman–Crippen MR) is 68.1 cm³/mol. The molecule has 1 atom stereocenters. The van der Waals surface area contributed by atoms with Gasteiger partial charge in [-0.1, -0.05) is 30.3 Å². The number of nitrogens with one attached hydrogen (secondary N) is 1. The second-order valence-electron chi connectivity index (χ2n) is 4.21. The first-order chi connectivity index (χ1) is 9.19. The number of rotatable bonds is 3. The van der Waals surface area contributed by atoms with Crippen LogP contribution in [0.2, 0.25) is 0 Å². The third-order valence-corrected chi connectivity index (χ3v) is 2.78. The number of esters is 2. The van der Waals surface area contributed by atoms with Gasteiger partial charge in [-0.3, -0.25) is 0 Å². The first-order valence-corrected chi connectivity index (χ1v) is 5.96. The molecule has 1 aliphatic rings. The van der Waals surface area contributed by atoms with E-state index in [4.69, 9.17) is 4.74 Å². The fraction of sp³-hybridized carbons (Fsp3) is 0.286. The number of carbonyl (C=O) groups is 2. The fourth-order valence-electron chi connectivity index (χ4n) is 1.86. The molecule has 0 spiro atoms. The second-order valence-corrected chi connectivity index (χ2v) is 4.21. The molecule has 1 fully saturated rings. The predicted octanol–water partition coefficient (Wildman–Crippen LogP) is 0.801. The quantitative estimate of drug-likeness (QED) is 0.644. The van der Waals surface area contributed by atoms with Gasteiger partial charge in [0.25, 0.3) is 0 Å². The lowest BCUT2D eigenvalue weighted by Gasteiger charge is -2.26. The maximum absolute atomic E-state index is 11.5. The smallest absolute Gasteiger partial charge is 0.354 e. The zero-order valence-corrected chi connectivity index (χ0v) is 10.6. The number of cyclic esters (lactones) is 1. The molecule has 100 valence electrons. The zero-order valence-electron chi connectivity index (χ0n) is 10.6. The van der Waals surface area contributed by atoms with Crippen LogP contribution in [0.5, 0.6) is 0 Å². The maximum Gasteiger partial charge on any atom is 0.354 e. The molecule has 1 saturated heterocycles. The largest absolute Gasteiger partial charge is 0.466 e. The Kier molecular flexibility index (Phi) is 4.18. The van der Waals surface area contributed by atoms with Crippen LogP contribution in [0.1, 0.15) is 5.56 Å². The third-order valence-electron chi connectivity index (χ3n) is 2.78. The number of carbonyl (C=O) groups excluding carboxylic acids is 2. The molecule has 1 N–H and O–H groups in total. The molecule has 0 bridgehead atoms. The van der Waals surface area contributed by atoms with Crippen LogP contribution < -0.4 is 5.32 Å². The molecule has 0 unspecified atom stereocenters. The Bertz CT molecular complexity index is 495. The standard InChI is InChI=1S/C14H15NO4/c1-18-13(16)8-12-14(17)19-9-11(15-12)7-10-5-3-2-4-6-10/h2-6,8,11,15H,7,9H2,1H3/b12-8-/t11-/m0/s1. The summed E-state index contributed by atoms with van der Waals surface area (Å²) in [6, 6.07) is 9.81. The van der Waals surface area contributed by atoms with Gasteiger partial charge in [0.2, 0.25) is 0 Å². The van der Waals surface area contributed by atoms with E-state index in [0.29, 0.717) is 6.42 Å². The van der Waals surface area contributed by atoms with Crippen molar-refractivity contribution in [2.75, 3.05) is 13.7 Å². The van der Waals surface area contributed by atoms with Crippen LogP contribution in [0.4, 0.5) is 0 Å². The van der Waals surface area contributed by atoms with Crippen LogP contribution in [0.25, 0.3) is 0 Å². The number of ether oxygens (including phenoxy) is 2. The molecule has 0 saturated carbocycles. The molecular formula is C14H15NO4. The van der Waals surface area contributed by atoms with Crippen molar-refractivity contribution in [3.05, 3.63) is 47.7 Å². The Morgan fingerprint density at radius 2 is 2.21 bits per heavy atom. The highest BCUT2D eigenvalue weighted by molar-refractivity contribution is 5.96. The van der Waals surface area contributed by atoms with Crippen LogP contribution in [-0.4, -0.2) is 31.7 Å². The van der Waals surface area contributed by atoms with Gasteiger partial charge in [-0.15, -0.1) is 0 Å². The van der Waals surface area contributed by atoms with Crippen molar-refractivity contribution in [1.82, 2.24) is 5.32 Å². The van der Waals surface area contributed by atoms with E-state index in [1.807, 2.05) is 30.3 Å². The highest BCUT2D eigenvalue weighted by Gasteiger charge is 2.24. The van der Waals surface area contributed by atoms with Crippen molar-refractivity contribution in [2.24, 2.45) is 0 Å². The number of benzene rings is 1.